The Morgan fingerprint density at radius 3 is 2.54 bits per heavy atom. The molecule has 2 aromatic heterocycles. The highest BCUT2D eigenvalue weighted by atomic mass is 32.1. The molecular formula is C28H26N4O2S. The Morgan fingerprint density at radius 1 is 0.943 bits per heavy atom. The summed E-state index contributed by atoms with van der Waals surface area (Å²) in [5, 5.41) is 4.21. The summed E-state index contributed by atoms with van der Waals surface area (Å²) in [4.78, 5) is 6.87. The molecule has 0 amide bonds. The number of thiocarbonyl (C=S) groups is 1. The van der Waals surface area contributed by atoms with Crippen molar-refractivity contribution in [1.29, 1.82) is 0 Å². The lowest BCUT2D eigenvalue weighted by Gasteiger charge is -2.28. The van der Waals surface area contributed by atoms with Gasteiger partial charge in [0.2, 0.25) is 6.79 Å². The fraction of sp³-hybridized carbons (Fsp3) is 0.214. The molecule has 1 saturated heterocycles. The van der Waals surface area contributed by atoms with E-state index in [1.807, 2.05) is 36.5 Å². The lowest BCUT2D eigenvalue weighted by molar-refractivity contribution is 0.174. The summed E-state index contributed by atoms with van der Waals surface area (Å²) < 4.78 is 13.5. The van der Waals surface area contributed by atoms with Crippen molar-refractivity contribution in [2.45, 2.75) is 32.9 Å². The first-order valence-corrected chi connectivity index (χ1v) is 12.1. The van der Waals surface area contributed by atoms with Crippen molar-refractivity contribution in [2.24, 2.45) is 0 Å². The Morgan fingerprint density at radius 2 is 1.74 bits per heavy atom. The van der Waals surface area contributed by atoms with Crippen LogP contribution in [0.1, 0.15) is 40.3 Å². The molecule has 2 aromatic carbocycles. The number of benzene rings is 2. The van der Waals surface area contributed by atoms with Crippen molar-refractivity contribution in [1.82, 2.24) is 14.9 Å². The summed E-state index contributed by atoms with van der Waals surface area (Å²) in [7, 11) is 0. The van der Waals surface area contributed by atoms with E-state index in [-0.39, 0.29) is 18.9 Å². The number of hydrogen-bond acceptors (Lipinski definition) is 4. The maximum atomic E-state index is 5.91. The summed E-state index contributed by atoms with van der Waals surface area (Å²) in [6.45, 7) is 6.72. The van der Waals surface area contributed by atoms with Gasteiger partial charge in [-0.3, -0.25) is 4.98 Å². The average molecular weight is 483 g/mol. The predicted octanol–water partition coefficient (Wildman–Crippen LogP) is 5.70. The average Bonchev–Trinajstić information content (AvgIpc) is 3.55. The Hall–Kier alpha value is -3.84. The molecule has 2 atom stereocenters. The second-order valence-corrected chi connectivity index (χ2v) is 9.37. The highest BCUT2D eigenvalue weighted by Crippen LogP contribution is 2.46. The fourth-order valence-electron chi connectivity index (χ4n) is 5.26. The number of hydrogen-bond donors (Lipinski definition) is 1. The molecule has 6 rings (SSSR count). The van der Waals surface area contributed by atoms with Gasteiger partial charge in [0, 0.05) is 35.0 Å². The quantitative estimate of drug-likeness (QED) is 0.377. The SMILES string of the molecule is Cc1ccccc1-n1c(C)cc([C@@H]2[C@H](c3ccccn3)NC(=S)N2c2ccc3c(c2)OCO3)c1C. The molecule has 0 aliphatic carbocycles. The van der Waals surface area contributed by atoms with E-state index in [4.69, 9.17) is 21.7 Å². The van der Waals surface area contributed by atoms with Gasteiger partial charge in [-0.2, -0.15) is 0 Å². The van der Waals surface area contributed by atoms with Crippen LogP contribution >= 0.6 is 12.2 Å². The van der Waals surface area contributed by atoms with E-state index in [1.54, 1.807) is 0 Å². The van der Waals surface area contributed by atoms with Crippen molar-refractivity contribution < 1.29 is 9.47 Å². The number of nitrogens with one attached hydrogen (secondary N) is 1. The molecule has 4 aromatic rings. The standard InChI is InChI=1S/C28H26N4O2S/c1-17-8-4-5-10-23(17)31-18(2)14-21(19(31)3)27-26(22-9-6-7-13-29-22)30-28(35)32(27)20-11-12-24-25(15-20)34-16-33-24/h4-15,26-27H,16H2,1-3H3,(H,30,35)/t26-,27+/m0/s1. The van der Waals surface area contributed by atoms with Gasteiger partial charge in [-0.1, -0.05) is 24.3 Å². The third kappa shape index (κ3) is 3.54. The number of pyridine rings is 1. The van der Waals surface area contributed by atoms with Gasteiger partial charge in [0.25, 0.3) is 0 Å². The smallest absolute Gasteiger partial charge is 0.231 e. The van der Waals surface area contributed by atoms with Crippen molar-refractivity contribution in [3.63, 3.8) is 0 Å². The van der Waals surface area contributed by atoms with Gasteiger partial charge in [-0.25, -0.2) is 0 Å². The summed E-state index contributed by atoms with van der Waals surface area (Å²) >= 11 is 5.91. The molecule has 2 aliphatic heterocycles. The minimum Gasteiger partial charge on any atom is -0.454 e. The lowest BCUT2D eigenvalue weighted by atomic mass is 9.96. The van der Waals surface area contributed by atoms with Crippen LogP contribution in [-0.2, 0) is 0 Å². The molecule has 6 nitrogen and oxygen atoms in total. The van der Waals surface area contributed by atoms with Crippen LogP contribution < -0.4 is 19.7 Å². The van der Waals surface area contributed by atoms with Crippen molar-refractivity contribution in [3.05, 3.63) is 101 Å². The number of rotatable bonds is 4. The Balaban J connectivity index is 1.52. The predicted molar refractivity (Wildman–Crippen MR) is 140 cm³/mol. The lowest BCUT2D eigenvalue weighted by Crippen LogP contribution is -2.29. The molecule has 0 radical (unpaired) electrons. The second-order valence-electron chi connectivity index (χ2n) is 8.98. The number of ether oxygens (including phenoxy) is 2. The molecule has 1 N–H and O–H groups in total. The highest BCUT2D eigenvalue weighted by Gasteiger charge is 2.42. The second kappa shape index (κ2) is 8.43. The highest BCUT2D eigenvalue weighted by molar-refractivity contribution is 7.80. The first kappa shape index (κ1) is 21.7. The normalized spacial score (nSPS) is 18.7. The topological polar surface area (TPSA) is 51.6 Å². The summed E-state index contributed by atoms with van der Waals surface area (Å²) in [6.07, 6.45) is 1.83. The Bertz CT molecular complexity index is 1430. The fourth-order valence-corrected chi connectivity index (χ4v) is 5.60. The van der Waals surface area contributed by atoms with Crippen LogP contribution in [0.3, 0.4) is 0 Å². The Kier molecular flexibility index (Phi) is 5.22. The molecule has 0 spiro atoms. The number of para-hydroxylation sites is 1. The first-order valence-electron chi connectivity index (χ1n) is 11.7. The van der Waals surface area contributed by atoms with Crippen molar-refractivity contribution in [2.75, 3.05) is 11.7 Å². The maximum Gasteiger partial charge on any atom is 0.231 e. The first-order chi connectivity index (χ1) is 17.0. The van der Waals surface area contributed by atoms with Gasteiger partial charge >= 0.3 is 0 Å². The van der Waals surface area contributed by atoms with Gasteiger partial charge in [0.1, 0.15) is 0 Å². The molecular weight excluding hydrogens is 456 g/mol. The molecule has 0 saturated carbocycles. The molecule has 7 heteroatoms. The summed E-state index contributed by atoms with van der Waals surface area (Å²) in [5.41, 5.74) is 7.88. The third-order valence-corrected chi connectivity index (χ3v) is 7.19. The van der Waals surface area contributed by atoms with Gasteiger partial charge < -0.3 is 24.3 Å². The van der Waals surface area contributed by atoms with Crippen LogP contribution in [-0.4, -0.2) is 21.5 Å². The van der Waals surface area contributed by atoms with Crippen LogP contribution in [0.5, 0.6) is 11.5 Å². The van der Waals surface area contributed by atoms with Crippen LogP contribution in [0.25, 0.3) is 5.69 Å². The molecule has 35 heavy (non-hydrogen) atoms. The Labute approximate surface area is 210 Å². The number of anilines is 1. The molecule has 0 unspecified atom stereocenters. The van der Waals surface area contributed by atoms with E-state index < -0.39 is 0 Å². The van der Waals surface area contributed by atoms with Crippen molar-refractivity contribution in [3.8, 4) is 17.2 Å². The van der Waals surface area contributed by atoms with Crippen LogP contribution in [0, 0.1) is 20.8 Å². The molecule has 176 valence electrons. The van der Waals surface area contributed by atoms with E-state index in [0.29, 0.717) is 5.11 Å². The van der Waals surface area contributed by atoms with E-state index in [0.717, 1.165) is 22.9 Å². The van der Waals surface area contributed by atoms with E-state index in [1.165, 1.54) is 28.2 Å². The summed E-state index contributed by atoms with van der Waals surface area (Å²) in [5.74, 6) is 1.48. The molecule has 2 aliphatic rings. The van der Waals surface area contributed by atoms with Gasteiger partial charge in [-0.05, 0) is 80.5 Å². The van der Waals surface area contributed by atoms with Gasteiger partial charge in [0.05, 0.1) is 17.8 Å². The van der Waals surface area contributed by atoms with Crippen molar-refractivity contribution >= 4 is 23.0 Å². The van der Waals surface area contributed by atoms with Gasteiger partial charge in [-0.15, -0.1) is 0 Å². The minimum absolute atomic E-state index is 0.0956. The zero-order chi connectivity index (χ0) is 24.1. The summed E-state index contributed by atoms with van der Waals surface area (Å²) in [6, 6.07) is 22.5. The molecule has 4 heterocycles. The van der Waals surface area contributed by atoms with Crippen LogP contribution in [0.4, 0.5) is 5.69 Å². The zero-order valence-electron chi connectivity index (χ0n) is 19.9. The van der Waals surface area contributed by atoms with Gasteiger partial charge in [0.15, 0.2) is 16.6 Å². The molecule has 0 bridgehead atoms. The third-order valence-electron chi connectivity index (χ3n) is 6.88. The number of aryl methyl sites for hydroxylation is 2. The zero-order valence-corrected chi connectivity index (χ0v) is 20.7. The minimum atomic E-state index is -0.111. The van der Waals surface area contributed by atoms with Crippen LogP contribution in [0.15, 0.2) is 72.9 Å². The number of aromatic nitrogens is 2. The van der Waals surface area contributed by atoms with E-state index >= 15 is 0 Å². The monoisotopic (exact) mass is 482 g/mol. The van der Waals surface area contributed by atoms with E-state index in [2.05, 4.69) is 76.9 Å². The van der Waals surface area contributed by atoms with E-state index in [9.17, 15) is 0 Å². The largest absolute Gasteiger partial charge is 0.454 e. The number of nitrogens with zero attached hydrogens (tertiary/aromatic N) is 3. The number of fused-ring (bicyclic) bond motifs is 1. The van der Waals surface area contributed by atoms with Crippen LogP contribution in [0.2, 0.25) is 0 Å². The molecule has 1 fully saturated rings. The maximum absolute atomic E-state index is 5.91.